The average Bonchev–Trinajstić information content (AvgIpc) is 2.59. The molecular weight excluding hydrogens is 338 g/mol. The van der Waals surface area contributed by atoms with E-state index >= 15 is 0 Å². The summed E-state index contributed by atoms with van der Waals surface area (Å²) in [6.45, 7) is 0.334. The Kier molecular flexibility index (Phi) is 8.38. The van der Waals surface area contributed by atoms with Crippen LogP contribution in [0.2, 0.25) is 0 Å². The number of hydrogen-bond donors (Lipinski definition) is 2. The van der Waals surface area contributed by atoms with Crippen LogP contribution in [-0.4, -0.2) is 37.4 Å². The molecule has 1 atom stereocenters. The molecule has 0 saturated heterocycles. The van der Waals surface area contributed by atoms with Crippen molar-refractivity contribution in [1.29, 1.82) is 0 Å². The first kappa shape index (κ1) is 20.9. The van der Waals surface area contributed by atoms with Gasteiger partial charge < -0.3 is 16.0 Å². The molecule has 136 valence electrons. The lowest BCUT2D eigenvalue weighted by atomic mass is 10.0. The molecule has 2 amide bonds. The summed E-state index contributed by atoms with van der Waals surface area (Å²) in [6.07, 6.45) is 1.24. The van der Waals surface area contributed by atoms with Gasteiger partial charge in [-0.15, -0.1) is 12.4 Å². The van der Waals surface area contributed by atoms with E-state index in [4.69, 9.17) is 5.73 Å². The molecule has 0 aliphatic carbocycles. The van der Waals surface area contributed by atoms with Gasteiger partial charge in [0.15, 0.2) is 0 Å². The van der Waals surface area contributed by atoms with Gasteiger partial charge in [-0.05, 0) is 28.8 Å². The molecule has 3 N–H and O–H groups in total. The number of halogens is 1. The third-order valence-electron chi connectivity index (χ3n) is 4.04. The van der Waals surface area contributed by atoms with Crippen LogP contribution < -0.4 is 11.1 Å². The third-order valence-corrected chi connectivity index (χ3v) is 4.04. The number of benzene rings is 2. The van der Waals surface area contributed by atoms with Crippen molar-refractivity contribution in [3.05, 3.63) is 48.0 Å². The fourth-order valence-corrected chi connectivity index (χ4v) is 2.59. The summed E-state index contributed by atoms with van der Waals surface area (Å²) in [6, 6.07) is 14.0. The fraction of sp³-hybridized carbons (Fsp3) is 0.368. The largest absolute Gasteiger partial charge is 0.349 e. The minimum atomic E-state index is -0.216. The molecule has 6 heteroatoms. The highest BCUT2D eigenvalue weighted by molar-refractivity contribution is 5.85. The van der Waals surface area contributed by atoms with Crippen LogP contribution in [0, 0.1) is 0 Å². The molecule has 0 aromatic heterocycles. The highest BCUT2D eigenvalue weighted by atomic mass is 35.5. The van der Waals surface area contributed by atoms with Crippen molar-refractivity contribution in [2.75, 3.05) is 20.6 Å². The monoisotopic (exact) mass is 363 g/mol. The van der Waals surface area contributed by atoms with Gasteiger partial charge in [-0.1, -0.05) is 36.4 Å². The summed E-state index contributed by atoms with van der Waals surface area (Å²) in [7, 11) is 3.43. The van der Waals surface area contributed by atoms with Crippen LogP contribution in [0.1, 0.15) is 30.9 Å². The Morgan fingerprint density at radius 1 is 1.08 bits per heavy atom. The summed E-state index contributed by atoms with van der Waals surface area (Å²) >= 11 is 0. The maximum atomic E-state index is 12.1. The van der Waals surface area contributed by atoms with E-state index in [1.54, 1.807) is 14.1 Å². The number of nitrogens with one attached hydrogen (secondary N) is 1. The Morgan fingerprint density at radius 3 is 2.40 bits per heavy atom. The molecule has 2 aromatic rings. The van der Waals surface area contributed by atoms with Crippen LogP contribution in [-0.2, 0) is 9.59 Å². The van der Waals surface area contributed by atoms with Crippen molar-refractivity contribution in [2.24, 2.45) is 5.73 Å². The molecule has 0 heterocycles. The number of rotatable bonds is 7. The van der Waals surface area contributed by atoms with Crippen molar-refractivity contribution in [3.8, 4) is 0 Å². The molecule has 0 saturated carbocycles. The van der Waals surface area contributed by atoms with Gasteiger partial charge in [0.1, 0.15) is 0 Å². The van der Waals surface area contributed by atoms with E-state index in [-0.39, 0.29) is 30.3 Å². The Bertz CT molecular complexity index is 719. The van der Waals surface area contributed by atoms with Gasteiger partial charge in [0.25, 0.3) is 0 Å². The van der Waals surface area contributed by atoms with Crippen molar-refractivity contribution < 1.29 is 9.59 Å². The van der Waals surface area contributed by atoms with Gasteiger partial charge in [0, 0.05) is 33.5 Å². The molecule has 25 heavy (non-hydrogen) atoms. The predicted molar refractivity (Wildman–Crippen MR) is 104 cm³/mol. The molecule has 0 bridgehead atoms. The first-order chi connectivity index (χ1) is 11.5. The van der Waals surface area contributed by atoms with Crippen LogP contribution in [0.4, 0.5) is 0 Å². The Balaban J connectivity index is 0.00000312. The summed E-state index contributed by atoms with van der Waals surface area (Å²) in [5.74, 6) is -0.0436. The van der Waals surface area contributed by atoms with Gasteiger partial charge in [0.05, 0.1) is 6.04 Å². The van der Waals surface area contributed by atoms with E-state index < -0.39 is 0 Å². The highest BCUT2D eigenvalue weighted by Gasteiger charge is 2.14. The minimum absolute atomic E-state index is 0. The summed E-state index contributed by atoms with van der Waals surface area (Å²) in [4.78, 5) is 25.2. The van der Waals surface area contributed by atoms with Gasteiger partial charge in [-0.2, -0.15) is 0 Å². The van der Waals surface area contributed by atoms with E-state index in [0.29, 0.717) is 25.8 Å². The SMILES string of the molecule is CN(C)C(=O)CCCC(=O)NC(CN)c1ccc2ccccc2c1.Cl. The molecule has 0 aliphatic heterocycles. The quantitative estimate of drug-likeness (QED) is 0.794. The fourth-order valence-electron chi connectivity index (χ4n) is 2.59. The maximum absolute atomic E-state index is 12.1. The number of nitrogens with zero attached hydrogens (tertiary/aromatic N) is 1. The Hall–Kier alpha value is -2.11. The van der Waals surface area contributed by atoms with Crippen molar-refractivity contribution in [3.63, 3.8) is 0 Å². The second-order valence-corrected chi connectivity index (χ2v) is 6.10. The molecule has 2 aromatic carbocycles. The second-order valence-electron chi connectivity index (χ2n) is 6.10. The summed E-state index contributed by atoms with van der Waals surface area (Å²) in [5.41, 5.74) is 6.83. The predicted octanol–water partition coefficient (Wildman–Crippen LogP) is 2.64. The van der Waals surface area contributed by atoms with Crippen LogP contribution in [0.5, 0.6) is 0 Å². The second kappa shape index (κ2) is 10.0. The highest BCUT2D eigenvalue weighted by Crippen LogP contribution is 2.20. The van der Waals surface area contributed by atoms with Gasteiger partial charge in [-0.25, -0.2) is 0 Å². The zero-order valence-corrected chi connectivity index (χ0v) is 15.5. The molecule has 1 unspecified atom stereocenters. The van der Waals surface area contributed by atoms with E-state index in [9.17, 15) is 9.59 Å². The molecule has 0 spiro atoms. The van der Waals surface area contributed by atoms with E-state index in [1.165, 1.54) is 4.90 Å². The average molecular weight is 364 g/mol. The summed E-state index contributed by atoms with van der Waals surface area (Å²) < 4.78 is 0. The minimum Gasteiger partial charge on any atom is -0.349 e. The molecule has 0 fully saturated rings. The number of carbonyl (C=O) groups excluding carboxylic acids is 2. The first-order valence-corrected chi connectivity index (χ1v) is 8.19. The standard InChI is InChI=1S/C19H25N3O2.ClH/c1-22(2)19(24)9-5-8-18(23)21-17(13-20)16-11-10-14-6-3-4-7-15(14)12-16;/h3-4,6-7,10-12,17H,5,8-9,13,20H2,1-2H3,(H,21,23);1H. The number of amides is 2. The zero-order valence-electron chi connectivity index (χ0n) is 14.7. The topological polar surface area (TPSA) is 75.4 Å². The van der Waals surface area contributed by atoms with Gasteiger partial charge in [-0.3, -0.25) is 9.59 Å². The normalized spacial score (nSPS) is 11.5. The van der Waals surface area contributed by atoms with Crippen molar-refractivity contribution in [2.45, 2.75) is 25.3 Å². The molecule has 0 aliphatic rings. The van der Waals surface area contributed by atoms with Crippen LogP contribution in [0.25, 0.3) is 10.8 Å². The van der Waals surface area contributed by atoms with Crippen molar-refractivity contribution in [1.82, 2.24) is 10.2 Å². The first-order valence-electron chi connectivity index (χ1n) is 8.19. The number of carbonyl (C=O) groups is 2. The van der Waals surface area contributed by atoms with E-state index in [2.05, 4.69) is 17.4 Å². The lowest BCUT2D eigenvalue weighted by Gasteiger charge is -2.18. The van der Waals surface area contributed by atoms with E-state index in [1.807, 2.05) is 30.3 Å². The van der Waals surface area contributed by atoms with E-state index in [0.717, 1.165) is 16.3 Å². The Morgan fingerprint density at radius 2 is 1.76 bits per heavy atom. The molecule has 0 radical (unpaired) electrons. The molecular formula is C19H26ClN3O2. The molecule has 5 nitrogen and oxygen atoms in total. The van der Waals surface area contributed by atoms with Crippen LogP contribution in [0.15, 0.2) is 42.5 Å². The number of nitrogens with two attached hydrogens (primary N) is 1. The zero-order chi connectivity index (χ0) is 17.5. The van der Waals surface area contributed by atoms with Crippen LogP contribution >= 0.6 is 12.4 Å². The lowest BCUT2D eigenvalue weighted by molar-refractivity contribution is -0.129. The lowest BCUT2D eigenvalue weighted by Crippen LogP contribution is -2.33. The molecule has 2 rings (SSSR count). The number of hydrogen-bond acceptors (Lipinski definition) is 3. The summed E-state index contributed by atoms with van der Waals surface area (Å²) in [5, 5.41) is 5.24. The Labute approximate surface area is 155 Å². The maximum Gasteiger partial charge on any atom is 0.222 e. The van der Waals surface area contributed by atoms with Gasteiger partial charge >= 0.3 is 0 Å². The third kappa shape index (κ3) is 6.03. The number of fused-ring (bicyclic) bond motifs is 1. The smallest absolute Gasteiger partial charge is 0.222 e. The van der Waals surface area contributed by atoms with Crippen LogP contribution in [0.3, 0.4) is 0 Å². The van der Waals surface area contributed by atoms with Gasteiger partial charge in [0.2, 0.25) is 11.8 Å². The van der Waals surface area contributed by atoms with Crippen molar-refractivity contribution >= 4 is 35.0 Å².